The van der Waals surface area contributed by atoms with Gasteiger partial charge in [-0.2, -0.15) is 0 Å². The van der Waals surface area contributed by atoms with E-state index in [0.29, 0.717) is 6.10 Å². The van der Waals surface area contributed by atoms with Crippen molar-refractivity contribution in [1.29, 1.82) is 0 Å². The van der Waals surface area contributed by atoms with Crippen LogP contribution in [0.25, 0.3) is 10.9 Å². The molecule has 106 valence electrons. The maximum Gasteiger partial charge on any atom is 0.0743 e. The third-order valence-corrected chi connectivity index (χ3v) is 3.93. The smallest absolute Gasteiger partial charge is 0.0743 e. The fraction of sp³-hybridized carbons (Fsp3) is 0.438. The first-order chi connectivity index (χ1) is 9.78. The third-order valence-electron chi connectivity index (χ3n) is 3.93. The average Bonchev–Trinajstić information content (AvgIpc) is 2.47. The number of anilines is 2. The fourth-order valence-electron chi connectivity index (χ4n) is 2.92. The Hall–Kier alpha value is -1.81. The number of rotatable bonds is 3. The van der Waals surface area contributed by atoms with Gasteiger partial charge in [-0.1, -0.05) is 0 Å². The molecule has 0 unspecified atom stereocenters. The highest BCUT2D eigenvalue weighted by Crippen LogP contribution is 2.29. The predicted octanol–water partition coefficient (Wildman–Crippen LogP) is 2.82. The summed E-state index contributed by atoms with van der Waals surface area (Å²) in [4.78, 5) is 6.84. The Morgan fingerprint density at radius 3 is 2.85 bits per heavy atom. The molecule has 1 saturated heterocycles. The highest BCUT2D eigenvalue weighted by molar-refractivity contribution is 5.93. The first-order valence-corrected chi connectivity index (χ1v) is 7.28. The Morgan fingerprint density at radius 1 is 1.30 bits per heavy atom. The number of pyridine rings is 1. The maximum absolute atomic E-state index is 5.83. The molecule has 20 heavy (non-hydrogen) atoms. The number of nitrogens with two attached hydrogens (primary N) is 1. The molecule has 2 N–H and O–H groups in total. The lowest BCUT2D eigenvalue weighted by Crippen LogP contribution is -2.37. The molecule has 3 rings (SSSR count). The van der Waals surface area contributed by atoms with Crippen LogP contribution in [0, 0.1) is 0 Å². The van der Waals surface area contributed by atoms with Crippen molar-refractivity contribution in [3.8, 4) is 0 Å². The van der Waals surface area contributed by atoms with Crippen LogP contribution in [0.3, 0.4) is 0 Å². The highest BCUT2D eigenvalue weighted by atomic mass is 16.5. The summed E-state index contributed by atoms with van der Waals surface area (Å²) in [5.41, 5.74) is 8.82. The van der Waals surface area contributed by atoms with Gasteiger partial charge in [0.05, 0.1) is 11.6 Å². The minimum Gasteiger partial charge on any atom is -0.399 e. The zero-order valence-electron chi connectivity index (χ0n) is 11.9. The number of hydrogen-bond acceptors (Lipinski definition) is 4. The van der Waals surface area contributed by atoms with Crippen LogP contribution >= 0.6 is 0 Å². The first-order valence-electron chi connectivity index (χ1n) is 7.28. The van der Waals surface area contributed by atoms with Crippen molar-refractivity contribution in [2.24, 2.45) is 0 Å². The van der Waals surface area contributed by atoms with E-state index in [1.54, 1.807) is 0 Å². The van der Waals surface area contributed by atoms with Gasteiger partial charge >= 0.3 is 0 Å². The van der Waals surface area contributed by atoms with E-state index in [-0.39, 0.29) is 0 Å². The van der Waals surface area contributed by atoms with E-state index in [4.69, 9.17) is 10.5 Å². The summed E-state index contributed by atoms with van der Waals surface area (Å²) in [6, 6.07) is 8.05. The lowest BCUT2D eigenvalue weighted by atomic mass is 10.1. The molecular weight excluding hydrogens is 250 g/mol. The van der Waals surface area contributed by atoms with Crippen LogP contribution in [-0.2, 0) is 4.74 Å². The van der Waals surface area contributed by atoms with E-state index < -0.39 is 0 Å². The van der Waals surface area contributed by atoms with Crippen molar-refractivity contribution >= 4 is 22.3 Å². The number of hydrogen-bond donors (Lipinski definition) is 1. The van der Waals surface area contributed by atoms with E-state index in [1.165, 1.54) is 11.1 Å². The number of nitrogens with zero attached hydrogens (tertiary/aromatic N) is 2. The Kier molecular flexibility index (Phi) is 3.74. The summed E-state index contributed by atoms with van der Waals surface area (Å²) in [7, 11) is 0. The van der Waals surface area contributed by atoms with Crippen LogP contribution in [0.1, 0.15) is 19.8 Å². The van der Waals surface area contributed by atoms with E-state index >= 15 is 0 Å². The lowest BCUT2D eigenvalue weighted by Gasteiger charge is -2.34. The van der Waals surface area contributed by atoms with Crippen LogP contribution in [0.2, 0.25) is 0 Å². The number of fused-ring (bicyclic) bond motifs is 1. The zero-order chi connectivity index (χ0) is 13.9. The minimum atomic E-state index is 0.417. The van der Waals surface area contributed by atoms with Crippen LogP contribution in [0.5, 0.6) is 0 Å². The number of piperidine rings is 1. The topological polar surface area (TPSA) is 51.4 Å². The molecule has 1 aromatic heterocycles. The van der Waals surface area contributed by atoms with Crippen LogP contribution < -0.4 is 10.6 Å². The summed E-state index contributed by atoms with van der Waals surface area (Å²) in [6.45, 7) is 4.94. The normalized spacial score (nSPS) is 16.8. The molecule has 0 saturated carbocycles. The van der Waals surface area contributed by atoms with Crippen molar-refractivity contribution in [1.82, 2.24) is 4.98 Å². The van der Waals surface area contributed by atoms with E-state index in [9.17, 15) is 0 Å². The molecule has 0 radical (unpaired) electrons. The molecule has 0 amide bonds. The van der Waals surface area contributed by atoms with Gasteiger partial charge in [0, 0.05) is 42.7 Å². The van der Waals surface area contributed by atoms with E-state index in [0.717, 1.165) is 43.7 Å². The Labute approximate surface area is 119 Å². The van der Waals surface area contributed by atoms with Crippen molar-refractivity contribution in [3.05, 3.63) is 30.5 Å². The molecule has 0 spiro atoms. The van der Waals surface area contributed by atoms with Gasteiger partial charge in [-0.3, -0.25) is 4.98 Å². The quantitative estimate of drug-likeness (QED) is 0.872. The molecule has 4 nitrogen and oxygen atoms in total. The van der Waals surface area contributed by atoms with Gasteiger partial charge in [0.1, 0.15) is 0 Å². The molecule has 0 atom stereocenters. The second kappa shape index (κ2) is 5.67. The number of ether oxygens (including phenoxy) is 1. The van der Waals surface area contributed by atoms with Gasteiger partial charge < -0.3 is 15.4 Å². The van der Waals surface area contributed by atoms with Crippen molar-refractivity contribution in [2.45, 2.75) is 25.9 Å². The molecule has 1 aliphatic heterocycles. The summed E-state index contributed by atoms with van der Waals surface area (Å²) in [5.74, 6) is 0. The van der Waals surface area contributed by atoms with Crippen LogP contribution in [-0.4, -0.2) is 30.8 Å². The molecule has 1 aliphatic rings. The molecule has 1 fully saturated rings. The van der Waals surface area contributed by atoms with Crippen molar-refractivity contribution in [3.63, 3.8) is 0 Å². The Bertz CT molecular complexity index is 591. The highest BCUT2D eigenvalue weighted by Gasteiger charge is 2.20. The van der Waals surface area contributed by atoms with Gasteiger partial charge in [0.25, 0.3) is 0 Å². The molecule has 2 aromatic rings. The van der Waals surface area contributed by atoms with Gasteiger partial charge in [-0.05, 0) is 44.0 Å². The molecular formula is C16H21N3O. The number of aromatic nitrogens is 1. The van der Waals surface area contributed by atoms with E-state index in [2.05, 4.69) is 28.9 Å². The minimum absolute atomic E-state index is 0.417. The van der Waals surface area contributed by atoms with Crippen molar-refractivity contribution < 1.29 is 4.74 Å². The van der Waals surface area contributed by atoms with E-state index in [1.807, 2.05) is 18.3 Å². The Balaban J connectivity index is 1.84. The Morgan fingerprint density at radius 2 is 2.10 bits per heavy atom. The second-order valence-corrected chi connectivity index (χ2v) is 5.25. The molecule has 4 heteroatoms. The summed E-state index contributed by atoms with van der Waals surface area (Å²) in [5, 5.41) is 1.18. The predicted molar refractivity (Wildman–Crippen MR) is 83.0 cm³/mol. The standard InChI is InChI=1S/C16H21N3O/c1-2-20-13-6-9-19(10-7-13)16-5-8-18-15-11-12(17)3-4-14(15)16/h3-5,8,11,13H,2,6-7,9-10,17H2,1H3. The zero-order valence-corrected chi connectivity index (χ0v) is 11.9. The molecule has 1 aromatic carbocycles. The summed E-state index contributed by atoms with van der Waals surface area (Å²) >= 11 is 0. The summed E-state index contributed by atoms with van der Waals surface area (Å²) in [6.07, 6.45) is 4.46. The number of benzene rings is 1. The first kappa shape index (κ1) is 13.2. The largest absolute Gasteiger partial charge is 0.399 e. The van der Waals surface area contributed by atoms with Gasteiger partial charge in [0.15, 0.2) is 0 Å². The van der Waals surface area contributed by atoms with Gasteiger partial charge in [-0.15, -0.1) is 0 Å². The molecule has 0 aliphatic carbocycles. The average molecular weight is 271 g/mol. The molecule has 0 bridgehead atoms. The number of nitrogen functional groups attached to an aromatic ring is 1. The fourth-order valence-corrected chi connectivity index (χ4v) is 2.92. The van der Waals surface area contributed by atoms with Crippen LogP contribution in [0.4, 0.5) is 11.4 Å². The van der Waals surface area contributed by atoms with Gasteiger partial charge in [0.2, 0.25) is 0 Å². The summed E-state index contributed by atoms with van der Waals surface area (Å²) < 4.78 is 5.71. The van der Waals surface area contributed by atoms with Crippen LogP contribution in [0.15, 0.2) is 30.5 Å². The lowest BCUT2D eigenvalue weighted by molar-refractivity contribution is 0.0459. The second-order valence-electron chi connectivity index (χ2n) is 5.25. The maximum atomic E-state index is 5.83. The van der Waals surface area contributed by atoms with Gasteiger partial charge in [-0.25, -0.2) is 0 Å². The monoisotopic (exact) mass is 271 g/mol. The third kappa shape index (κ3) is 2.56. The van der Waals surface area contributed by atoms with Crippen molar-refractivity contribution in [2.75, 3.05) is 30.3 Å². The molecule has 2 heterocycles. The SMILES string of the molecule is CCOC1CCN(c2ccnc3cc(N)ccc23)CC1.